The van der Waals surface area contributed by atoms with Crippen molar-refractivity contribution in [3.8, 4) is 0 Å². The van der Waals surface area contributed by atoms with Crippen LogP contribution in [-0.4, -0.2) is 40.5 Å². The number of nitrogen functional groups attached to an aromatic ring is 1. The highest BCUT2D eigenvalue weighted by Crippen LogP contribution is 2.17. The van der Waals surface area contributed by atoms with E-state index in [1.54, 1.807) is 0 Å². The monoisotopic (exact) mass is 278 g/mol. The summed E-state index contributed by atoms with van der Waals surface area (Å²) in [4.78, 5) is 11.4. The molecule has 0 aromatic carbocycles. The van der Waals surface area contributed by atoms with Gasteiger partial charge in [0.25, 0.3) is 0 Å². The highest BCUT2D eigenvalue weighted by atomic mass is 15.3. The summed E-state index contributed by atoms with van der Waals surface area (Å²) in [5, 5.41) is 3.40. The van der Waals surface area contributed by atoms with Crippen LogP contribution in [0, 0.1) is 0 Å². The predicted octanol–water partition coefficient (Wildman–Crippen LogP) is 1.78. The number of likely N-dealkylation sites (tertiary alicyclic amines) is 1. The fourth-order valence-electron chi connectivity index (χ4n) is 2.45. The second-order valence-corrected chi connectivity index (χ2v) is 5.77. The molecule has 112 valence electrons. The lowest BCUT2D eigenvalue weighted by atomic mass is 10.2. The van der Waals surface area contributed by atoms with Gasteiger partial charge in [-0.3, -0.25) is 4.90 Å². The molecule has 1 aromatic heterocycles. The van der Waals surface area contributed by atoms with Crippen molar-refractivity contribution >= 4 is 11.6 Å². The van der Waals surface area contributed by atoms with Crippen LogP contribution in [0.4, 0.5) is 11.6 Å². The molecule has 0 amide bonds. The predicted molar refractivity (Wildman–Crippen MR) is 82.7 cm³/mol. The molecular formula is C14H26N6. The molecule has 0 bridgehead atoms. The van der Waals surface area contributed by atoms with E-state index >= 15 is 0 Å². The lowest BCUT2D eigenvalue weighted by Gasteiger charge is -2.24. The van der Waals surface area contributed by atoms with E-state index in [2.05, 4.69) is 46.4 Å². The molecule has 1 aromatic rings. The van der Waals surface area contributed by atoms with Crippen LogP contribution in [-0.2, 0) is 0 Å². The average Bonchev–Trinajstić information content (AvgIpc) is 2.98. The van der Waals surface area contributed by atoms with E-state index in [1.165, 1.54) is 25.9 Å². The number of hydrazine groups is 1. The maximum absolute atomic E-state index is 5.47. The third-order valence-corrected chi connectivity index (χ3v) is 3.75. The number of rotatable bonds is 6. The third kappa shape index (κ3) is 3.80. The van der Waals surface area contributed by atoms with Crippen molar-refractivity contribution in [3.63, 3.8) is 0 Å². The maximum atomic E-state index is 5.47. The van der Waals surface area contributed by atoms with Gasteiger partial charge < -0.3 is 10.7 Å². The normalized spacial score (nSPS) is 17.4. The zero-order valence-corrected chi connectivity index (χ0v) is 12.7. The van der Waals surface area contributed by atoms with Crippen molar-refractivity contribution in [3.05, 3.63) is 11.9 Å². The molecule has 1 unspecified atom stereocenters. The highest BCUT2D eigenvalue weighted by molar-refractivity contribution is 5.47. The summed E-state index contributed by atoms with van der Waals surface area (Å²) < 4.78 is 0. The zero-order valence-electron chi connectivity index (χ0n) is 12.7. The van der Waals surface area contributed by atoms with Gasteiger partial charge in [0, 0.05) is 24.6 Å². The Labute approximate surface area is 121 Å². The summed E-state index contributed by atoms with van der Waals surface area (Å²) in [7, 11) is 0. The molecule has 1 atom stereocenters. The zero-order chi connectivity index (χ0) is 14.5. The Balaban J connectivity index is 1.99. The second-order valence-electron chi connectivity index (χ2n) is 5.77. The number of nitrogens with two attached hydrogens (primary N) is 1. The Morgan fingerprint density at radius 3 is 2.45 bits per heavy atom. The number of anilines is 2. The summed E-state index contributed by atoms with van der Waals surface area (Å²) in [6.07, 6.45) is 2.63. The van der Waals surface area contributed by atoms with Crippen molar-refractivity contribution in [2.24, 2.45) is 5.84 Å². The largest absolute Gasteiger partial charge is 0.368 e. The smallest absolute Gasteiger partial charge is 0.145 e. The molecule has 1 saturated heterocycles. The molecule has 2 heterocycles. The summed E-state index contributed by atoms with van der Waals surface area (Å²) in [6.45, 7) is 9.71. The van der Waals surface area contributed by atoms with E-state index in [0.29, 0.717) is 11.9 Å². The molecule has 0 saturated carbocycles. The lowest BCUT2D eigenvalue weighted by molar-refractivity contribution is 0.269. The van der Waals surface area contributed by atoms with E-state index in [0.717, 1.165) is 18.2 Å². The first-order chi connectivity index (χ1) is 9.60. The Morgan fingerprint density at radius 1 is 1.20 bits per heavy atom. The van der Waals surface area contributed by atoms with Crippen molar-refractivity contribution < 1.29 is 0 Å². The van der Waals surface area contributed by atoms with Gasteiger partial charge in [0.2, 0.25) is 0 Å². The second kappa shape index (κ2) is 6.85. The lowest BCUT2D eigenvalue weighted by Crippen LogP contribution is -2.35. The van der Waals surface area contributed by atoms with E-state index in [4.69, 9.17) is 5.84 Å². The number of hydrogen-bond acceptors (Lipinski definition) is 6. The SMILES string of the molecule is CC(C)c1nc(NN)cc(NCC(C)N2CCCC2)n1. The summed E-state index contributed by atoms with van der Waals surface area (Å²) in [6, 6.07) is 2.37. The molecule has 1 fully saturated rings. The van der Waals surface area contributed by atoms with Crippen LogP contribution in [0.25, 0.3) is 0 Å². The molecule has 0 radical (unpaired) electrons. The van der Waals surface area contributed by atoms with Gasteiger partial charge in [-0.1, -0.05) is 13.8 Å². The van der Waals surface area contributed by atoms with Gasteiger partial charge in [0.05, 0.1) is 0 Å². The van der Waals surface area contributed by atoms with Gasteiger partial charge in [0.1, 0.15) is 17.5 Å². The van der Waals surface area contributed by atoms with E-state index in [-0.39, 0.29) is 5.92 Å². The van der Waals surface area contributed by atoms with Crippen molar-refractivity contribution in [2.45, 2.75) is 45.6 Å². The fourth-order valence-corrected chi connectivity index (χ4v) is 2.45. The van der Waals surface area contributed by atoms with Crippen molar-refractivity contribution in [1.29, 1.82) is 0 Å². The van der Waals surface area contributed by atoms with Crippen LogP contribution in [0.1, 0.15) is 45.4 Å². The first kappa shape index (κ1) is 15.0. The van der Waals surface area contributed by atoms with Crippen LogP contribution in [0.3, 0.4) is 0 Å². The molecule has 6 nitrogen and oxygen atoms in total. The van der Waals surface area contributed by atoms with Gasteiger partial charge >= 0.3 is 0 Å². The summed E-state index contributed by atoms with van der Waals surface area (Å²) in [5.74, 6) is 8.04. The topological polar surface area (TPSA) is 79.1 Å². The minimum Gasteiger partial charge on any atom is -0.368 e. The molecule has 20 heavy (non-hydrogen) atoms. The van der Waals surface area contributed by atoms with Crippen LogP contribution in [0.5, 0.6) is 0 Å². The number of hydrogen-bond donors (Lipinski definition) is 3. The first-order valence-electron chi connectivity index (χ1n) is 7.43. The van der Waals surface area contributed by atoms with Crippen LogP contribution in [0.15, 0.2) is 6.07 Å². The Bertz CT molecular complexity index is 428. The molecule has 1 aliphatic heterocycles. The number of nitrogens with zero attached hydrogens (tertiary/aromatic N) is 3. The molecule has 0 spiro atoms. The van der Waals surface area contributed by atoms with E-state index in [1.807, 2.05) is 6.07 Å². The Morgan fingerprint density at radius 2 is 1.85 bits per heavy atom. The van der Waals surface area contributed by atoms with Gasteiger partial charge in [-0.25, -0.2) is 15.8 Å². The highest BCUT2D eigenvalue weighted by Gasteiger charge is 2.18. The van der Waals surface area contributed by atoms with E-state index < -0.39 is 0 Å². The molecule has 6 heteroatoms. The standard InChI is InChI=1S/C14H26N6/c1-10(2)14-17-12(8-13(18-14)19-15)16-9-11(3)20-6-4-5-7-20/h8,10-11H,4-7,9,15H2,1-3H3,(H2,16,17,18,19). The van der Waals surface area contributed by atoms with Gasteiger partial charge in [-0.2, -0.15) is 0 Å². The van der Waals surface area contributed by atoms with Crippen molar-refractivity contribution in [1.82, 2.24) is 14.9 Å². The molecule has 2 rings (SSSR count). The van der Waals surface area contributed by atoms with Crippen molar-refractivity contribution in [2.75, 3.05) is 30.4 Å². The summed E-state index contributed by atoms with van der Waals surface area (Å²) >= 11 is 0. The third-order valence-electron chi connectivity index (χ3n) is 3.75. The molecule has 1 aliphatic rings. The Kier molecular flexibility index (Phi) is 5.14. The average molecular weight is 278 g/mol. The minimum atomic E-state index is 0.278. The van der Waals surface area contributed by atoms with Crippen LogP contribution >= 0.6 is 0 Å². The first-order valence-corrected chi connectivity index (χ1v) is 7.43. The maximum Gasteiger partial charge on any atom is 0.145 e. The van der Waals surface area contributed by atoms with Crippen LogP contribution < -0.4 is 16.6 Å². The van der Waals surface area contributed by atoms with Crippen LogP contribution in [0.2, 0.25) is 0 Å². The van der Waals surface area contributed by atoms with Gasteiger partial charge in [0.15, 0.2) is 0 Å². The summed E-state index contributed by atoms with van der Waals surface area (Å²) in [5.41, 5.74) is 2.60. The Hall–Kier alpha value is -1.40. The number of nitrogens with one attached hydrogen (secondary N) is 2. The molecule has 4 N–H and O–H groups in total. The van der Waals surface area contributed by atoms with Gasteiger partial charge in [-0.05, 0) is 32.9 Å². The number of aromatic nitrogens is 2. The molecule has 0 aliphatic carbocycles. The quantitative estimate of drug-likeness (QED) is 0.544. The fraction of sp³-hybridized carbons (Fsp3) is 0.714. The minimum absolute atomic E-state index is 0.278. The van der Waals surface area contributed by atoms with E-state index in [9.17, 15) is 0 Å². The molecular weight excluding hydrogens is 252 g/mol. The van der Waals surface area contributed by atoms with Gasteiger partial charge in [-0.15, -0.1) is 0 Å².